The van der Waals surface area contributed by atoms with Crippen LogP contribution in [-0.4, -0.2) is 43.1 Å². The monoisotopic (exact) mass is 259 g/mol. The summed E-state index contributed by atoms with van der Waals surface area (Å²) in [5.41, 5.74) is 2.83. The van der Waals surface area contributed by atoms with Gasteiger partial charge in [0.15, 0.2) is 0 Å². The van der Waals surface area contributed by atoms with Crippen molar-refractivity contribution in [2.75, 3.05) is 31.1 Å². The van der Waals surface area contributed by atoms with Crippen LogP contribution in [0.3, 0.4) is 0 Å². The van der Waals surface area contributed by atoms with Crippen molar-refractivity contribution in [2.24, 2.45) is 4.99 Å². The lowest BCUT2D eigenvalue weighted by molar-refractivity contribution is -0.129. The molecule has 0 aromatic heterocycles. The lowest BCUT2D eigenvalue weighted by atomic mass is 10.1. The number of amides is 1. The highest BCUT2D eigenvalue weighted by atomic mass is 16.2. The average Bonchev–Trinajstić information content (AvgIpc) is 2.39. The third-order valence-corrected chi connectivity index (χ3v) is 3.42. The van der Waals surface area contributed by atoms with E-state index in [1.165, 1.54) is 0 Å². The zero-order chi connectivity index (χ0) is 13.8. The Morgan fingerprint density at radius 1 is 1.26 bits per heavy atom. The number of carbonyl (C=O) groups is 1. The van der Waals surface area contributed by atoms with Gasteiger partial charge in [0.25, 0.3) is 0 Å². The van der Waals surface area contributed by atoms with Crippen molar-refractivity contribution < 1.29 is 9.59 Å². The highest BCUT2D eigenvalue weighted by Crippen LogP contribution is 2.25. The highest BCUT2D eigenvalue weighted by molar-refractivity contribution is 5.73. The van der Waals surface area contributed by atoms with Crippen LogP contribution in [0.15, 0.2) is 23.2 Å². The van der Waals surface area contributed by atoms with Gasteiger partial charge in [0.2, 0.25) is 12.0 Å². The fraction of sp³-hybridized carbons (Fsp3) is 0.429. The Hall–Kier alpha value is -2.13. The van der Waals surface area contributed by atoms with Gasteiger partial charge in [0.1, 0.15) is 0 Å². The molecule has 0 atom stereocenters. The Morgan fingerprint density at radius 2 is 1.95 bits per heavy atom. The van der Waals surface area contributed by atoms with E-state index in [-0.39, 0.29) is 5.91 Å². The molecule has 0 bridgehead atoms. The summed E-state index contributed by atoms with van der Waals surface area (Å²) in [4.78, 5) is 29.2. The molecule has 1 aliphatic heterocycles. The first-order valence-electron chi connectivity index (χ1n) is 6.31. The number of carbonyl (C=O) groups excluding carboxylic acids is 2. The third kappa shape index (κ3) is 3.01. The molecule has 1 saturated heterocycles. The smallest absolute Gasteiger partial charge is 0.240 e. The van der Waals surface area contributed by atoms with Crippen LogP contribution in [-0.2, 0) is 9.59 Å². The van der Waals surface area contributed by atoms with Crippen LogP contribution in [0.25, 0.3) is 0 Å². The van der Waals surface area contributed by atoms with Crippen LogP contribution < -0.4 is 4.90 Å². The van der Waals surface area contributed by atoms with Crippen molar-refractivity contribution in [2.45, 2.75) is 13.8 Å². The molecule has 1 amide bonds. The first-order chi connectivity index (χ1) is 9.11. The number of rotatable bonds is 2. The summed E-state index contributed by atoms with van der Waals surface area (Å²) in [6.45, 7) is 6.77. The van der Waals surface area contributed by atoms with Gasteiger partial charge in [0, 0.05) is 38.8 Å². The second-order valence-electron chi connectivity index (χ2n) is 4.67. The predicted octanol–water partition coefficient (Wildman–Crippen LogP) is 1.63. The Bertz CT molecular complexity index is 527. The predicted molar refractivity (Wildman–Crippen MR) is 73.4 cm³/mol. The molecular weight excluding hydrogens is 242 g/mol. The molecular formula is C14H17N3O2. The maximum Gasteiger partial charge on any atom is 0.240 e. The van der Waals surface area contributed by atoms with Crippen LogP contribution in [0.2, 0.25) is 0 Å². The number of benzene rings is 1. The summed E-state index contributed by atoms with van der Waals surface area (Å²) in [6.07, 6.45) is 1.55. The number of anilines is 1. The number of aryl methyl sites for hydroxylation is 1. The normalized spacial score (nSPS) is 15.1. The lowest BCUT2D eigenvalue weighted by Gasteiger charge is -2.36. The summed E-state index contributed by atoms with van der Waals surface area (Å²) < 4.78 is 0. The number of nitrogens with zero attached hydrogens (tertiary/aromatic N) is 3. The SMILES string of the molecule is CC(=O)N1CCN(c2ccc(N=C=O)cc2C)CC1. The molecule has 1 aliphatic rings. The van der Waals surface area contributed by atoms with Gasteiger partial charge in [-0.05, 0) is 30.7 Å². The van der Waals surface area contributed by atoms with Crippen LogP contribution in [0, 0.1) is 6.92 Å². The topological polar surface area (TPSA) is 53.0 Å². The van der Waals surface area contributed by atoms with Crippen molar-refractivity contribution in [3.05, 3.63) is 23.8 Å². The van der Waals surface area contributed by atoms with E-state index in [4.69, 9.17) is 0 Å². The number of hydrogen-bond donors (Lipinski definition) is 0. The summed E-state index contributed by atoms with van der Waals surface area (Å²) in [5.74, 6) is 0.132. The van der Waals surface area contributed by atoms with Crippen molar-refractivity contribution >= 4 is 23.4 Å². The van der Waals surface area contributed by atoms with Crippen molar-refractivity contribution in [1.82, 2.24) is 4.90 Å². The van der Waals surface area contributed by atoms with Gasteiger partial charge >= 0.3 is 0 Å². The molecule has 1 heterocycles. The quantitative estimate of drug-likeness (QED) is 0.599. The fourth-order valence-corrected chi connectivity index (χ4v) is 2.38. The molecule has 5 nitrogen and oxygen atoms in total. The number of aliphatic imine (C=N–C) groups is 1. The second kappa shape index (κ2) is 5.67. The summed E-state index contributed by atoms with van der Waals surface area (Å²) in [7, 11) is 0. The third-order valence-electron chi connectivity index (χ3n) is 3.42. The molecule has 5 heteroatoms. The van der Waals surface area contributed by atoms with Crippen molar-refractivity contribution in [3.8, 4) is 0 Å². The zero-order valence-corrected chi connectivity index (χ0v) is 11.2. The standard InChI is InChI=1S/C14H17N3O2/c1-11-9-13(15-10-18)3-4-14(11)17-7-5-16(6-8-17)12(2)19/h3-4,9H,5-8H2,1-2H3. The number of hydrogen-bond acceptors (Lipinski definition) is 4. The molecule has 0 unspecified atom stereocenters. The van der Waals surface area contributed by atoms with Gasteiger partial charge < -0.3 is 9.80 Å². The van der Waals surface area contributed by atoms with Gasteiger partial charge in [-0.1, -0.05) is 0 Å². The second-order valence-corrected chi connectivity index (χ2v) is 4.67. The molecule has 0 radical (unpaired) electrons. The van der Waals surface area contributed by atoms with Gasteiger partial charge in [-0.25, -0.2) is 4.79 Å². The maximum absolute atomic E-state index is 11.3. The van der Waals surface area contributed by atoms with E-state index in [0.29, 0.717) is 5.69 Å². The maximum atomic E-state index is 11.3. The first kappa shape index (κ1) is 13.3. The molecule has 0 N–H and O–H groups in total. The van der Waals surface area contributed by atoms with Crippen LogP contribution in [0.4, 0.5) is 11.4 Å². The number of piperazine rings is 1. The summed E-state index contributed by atoms with van der Waals surface area (Å²) in [5, 5.41) is 0. The summed E-state index contributed by atoms with van der Waals surface area (Å²) in [6, 6.07) is 5.65. The van der Waals surface area contributed by atoms with Crippen LogP contribution in [0.1, 0.15) is 12.5 Å². The molecule has 100 valence electrons. The van der Waals surface area contributed by atoms with Crippen molar-refractivity contribution in [3.63, 3.8) is 0 Å². The van der Waals surface area contributed by atoms with E-state index in [9.17, 15) is 9.59 Å². The minimum Gasteiger partial charge on any atom is -0.368 e. The van der Waals surface area contributed by atoms with Gasteiger partial charge in [-0.2, -0.15) is 4.99 Å². The van der Waals surface area contributed by atoms with Gasteiger partial charge in [-0.3, -0.25) is 4.79 Å². The largest absolute Gasteiger partial charge is 0.368 e. The minimum absolute atomic E-state index is 0.132. The Morgan fingerprint density at radius 3 is 2.47 bits per heavy atom. The molecule has 1 fully saturated rings. The highest BCUT2D eigenvalue weighted by Gasteiger charge is 2.19. The van der Waals surface area contributed by atoms with E-state index in [1.54, 1.807) is 13.0 Å². The van der Waals surface area contributed by atoms with Crippen LogP contribution >= 0.6 is 0 Å². The van der Waals surface area contributed by atoms with E-state index >= 15 is 0 Å². The minimum atomic E-state index is 0.132. The van der Waals surface area contributed by atoms with Gasteiger partial charge in [0.05, 0.1) is 5.69 Å². The van der Waals surface area contributed by atoms with E-state index in [2.05, 4.69) is 9.89 Å². The average molecular weight is 259 g/mol. The molecule has 1 aromatic carbocycles. The Kier molecular flexibility index (Phi) is 3.97. The molecule has 2 rings (SSSR count). The molecule has 0 aliphatic carbocycles. The van der Waals surface area contributed by atoms with E-state index < -0.39 is 0 Å². The first-order valence-corrected chi connectivity index (χ1v) is 6.31. The number of isocyanates is 1. The van der Waals surface area contributed by atoms with Gasteiger partial charge in [-0.15, -0.1) is 0 Å². The molecule has 1 aromatic rings. The van der Waals surface area contributed by atoms with Crippen molar-refractivity contribution in [1.29, 1.82) is 0 Å². The Labute approximate surface area is 112 Å². The van der Waals surface area contributed by atoms with E-state index in [0.717, 1.165) is 37.4 Å². The zero-order valence-electron chi connectivity index (χ0n) is 11.2. The molecule has 19 heavy (non-hydrogen) atoms. The fourth-order valence-electron chi connectivity index (χ4n) is 2.38. The molecule has 0 saturated carbocycles. The lowest BCUT2D eigenvalue weighted by Crippen LogP contribution is -2.48. The Balaban J connectivity index is 2.11. The molecule has 0 spiro atoms. The van der Waals surface area contributed by atoms with Crippen LogP contribution in [0.5, 0.6) is 0 Å². The summed E-state index contributed by atoms with van der Waals surface area (Å²) >= 11 is 0. The van der Waals surface area contributed by atoms with E-state index in [1.807, 2.05) is 30.0 Å².